The molecule has 3 unspecified atom stereocenters. The highest BCUT2D eigenvalue weighted by atomic mass is 16.1. The molecule has 1 amide bonds. The van der Waals surface area contributed by atoms with E-state index in [1.165, 1.54) is 0 Å². The zero-order chi connectivity index (χ0) is 10.5. The molecule has 3 atom stereocenters. The van der Waals surface area contributed by atoms with Crippen molar-refractivity contribution in [1.29, 1.82) is 0 Å². The first-order valence-corrected chi connectivity index (χ1v) is 5.25. The lowest BCUT2D eigenvalue weighted by atomic mass is 9.61. The third-order valence-electron chi connectivity index (χ3n) is 4.08. The van der Waals surface area contributed by atoms with Crippen molar-refractivity contribution >= 4 is 5.91 Å². The van der Waals surface area contributed by atoms with E-state index in [2.05, 4.69) is 18.7 Å². The molecule has 80 valence electrons. The lowest BCUT2D eigenvalue weighted by Gasteiger charge is -2.59. The van der Waals surface area contributed by atoms with Gasteiger partial charge in [-0.15, -0.1) is 0 Å². The molecule has 4 N–H and O–H groups in total. The third-order valence-corrected chi connectivity index (χ3v) is 4.08. The second kappa shape index (κ2) is 2.94. The van der Waals surface area contributed by atoms with Gasteiger partial charge >= 0.3 is 0 Å². The quantitative estimate of drug-likeness (QED) is 0.637. The number of nitrogens with two attached hydrogens (primary N) is 2. The standard InChI is InChI=1S/C10H19N3O/c1-10(2)7(11)5-8(10)13-4-3-6(13)9(12)14/h6-8H,3-5,11H2,1-2H3,(H2,12,14). The average Bonchev–Trinajstić information content (AvgIpc) is 2.00. The summed E-state index contributed by atoms with van der Waals surface area (Å²) in [5.74, 6) is -0.187. The molecular formula is C10H19N3O. The molecule has 1 saturated carbocycles. The lowest BCUT2D eigenvalue weighted by molar-refractivity contribution is -0.139. The number of hydrogen-bond donors (Lipinski definition) is 2. The van der Waals surface area contributed by atoms with Crippen LogP contribution in [0.4, 0.5) is 0 Å². The van der Waals surface area contributed by atoms with Gasteiger partial charge in [-0.25, -0.2) is 0 Å². The van der Waals surface area contributed by atoms with Crippen molar-refractivity contribution in [1.82, 2.24) is 4.90 Å². The van der Waals surface area contributed by atoms with E-state index in [1.807, 2.05) is 0 Å². The molecule has 2 fully saturated rings. The van der Waals surface area contributed by atoms with E-state index in [0.717, 1.165) is 19.4 Å². The fourth-order valence-corrected chi connectivity index (χ4v) is 2.58. The number of carbonyl (C=O) groups excluding carboxylic acids is 1. The van der Waals surface area contributed by atoms with Crippen LogP contribution >= 0.6 is 0 Å². The van der Waals surface area contributed by atoms with Gasteiger partial charge in [0, 0.05) is 18.6 Å². The van der Waals surface area contributed by atoms with Crippen molar-refractivity contribution in [2.45, 2.75) is 44.8 Å². The maximum Gasteiger partial charge on any atom is 0.234 e. The average molecular weight is 197 g/mol. The summed E-state index contributed by atoms with van der Waals surface area (Å²) in [6, 6.07) is 0.678. The van der Waals surface area contributed by atoms with Crippen molar-refractivity contribution in [2.75, 3.05) is 6.54 Å². The molecule has 2 aliphatic rings. The van der Waals surface area contributed by atoms with Gasteiger partial charge in [0.15, 0.2) is 0 Å². The molecule has 0 aromatic carbocycles. The predicted octanol–water partition coefficient (Wildman–Crippen LogP) is -0.328. The van der Waals surface area contributed by atoms with Gasteiger partial charge in [0.25, 0.3) is 0 Å². The van der Waals surface area contributed by atoms with Crippen LogP contribution in [0.2, 0.25) is 0 Å². The zero-order valence-electron chi connectivity index (χ0n) is 8.86. The molecule has 1 saturated heterocycles. The maximum atomic E-state index is 11.1. The number of primary amides is 1. The van der Waals surface area contributed by atoms with Crippen LogP contribution in [0.3, 0.4) is 0 Å². The first kappa shape index (κ1) is 9.93. The van der Waals surface area contributed by atoms with Gasteiger partial charge in [-0.05, 0) is 18.3 Å². The summed E-state index contributed by atoms with van der Waals surface area (Å²) in [4.78, 5) is 13.3. The highest BCUT2D eigenvalue weighted by molar-refractivity contribution is 5.80. The number of amides is 1. The van der Waals surface area contributed by atoms with Crippen LogP contribution < -0.4 is 11.5 Å². The number of nitrogens with zero attached hydrogens (tertiary/aromatic N) is 1. The first-order valence-electron chi connectivity index (χ1n) is 5.25. The number of hydrogen-bond acceptors (Lipinski definition) is 3. The van der Waals surface area contributed by atoms with Gasteiger partial charge in [0.2, 0.25) is 5.91 Å². The molecule has 1 aliphatic carbocycles. The Morgan fingerprint density at radius 2 is 2.14 bits per heavy atom. The molecule has 4 nitrogen and oxygen atoms in total. The van der Waals surface area contributed by atoms with Crippen LogP contribution in [0.25, 0.3) is 0 Å². The third kappa shape index (κ3) is 1.17. The number of likely N-dealkylation sites (tertiary alicyclic amines) is 1. The summed E-state index contributed by atoms with van der Waals surface area (Å²) in [5.41, 5.74) is 11.4. The molecule has 0 bridgehead atoms. The van der Waals surface area contributed by atoms with E-state index in [9.17, 15) is 4.79 Å². The lowest BCUT2D eigenvalue weighted by Crippen LogP contribution is -2.71. The summed E-state index contributed by atoms with van der Waals surface area (Å²) in [7, 11) is 0. The monoisotopic (exact) mass is 197 g/mol. The van der Waals surface area contributed by atoms with Gasteiger partial charge in [0.05, 0.1) is 6.04 Å². The number of carbonyl (C=O) groups is 1. The highest BCUT2D eigenvalue weighted by Crippen LogP contribution is 2.45. The van der Waals surface area contributed by atoms with Crippen LogP contribution in [-0.4, -0.2) is 35.5 Å². The minimum absolute atomic E-state index is 0.0354. The minimum Gasteiger partial charge on any atom is -0.368 e. The van der Waals surface area contributed by atoms with Crippen LogP contribution in [0.1, 0.15) is 26.7 Å². The summed E-state index contributed by atoms with van der Waals surface area (Å²) in [6.07, 6.45) is 1.91. The Bertz CT molecular complexity index is 264. The molecular weight excluding hydrogens is 178 g/mol. The zero-order valence-corrected chi connectivity index (χ0v) is 8.86. The Labute approximate surface area is 84.6 Å². The summed E-state index contributed by atoms with van der Waals surface area (Å²) >= 11 is 0. The van der Waals surface area contributed by atoms with Gasteiger partial charge < -0.3 is 11.5 Å². The van der Waals surface area contributed by atoms with Gasteiger partial charge in [-0.3, -0.25) is 9.69 Å². The molecule has 14 heavy (non-hydrogen) atoms. The maximum absolute atomic E-state index is 11.1. The first-order chi connectivity index (χ1) is 6.44. The molecule has 1 aliphatic heterocycles. The van der Waals surface area contributed by atoms with Gasteiger partial charge in [-0.1, -0.05) is 13.8 Å². The summed E-state index contributed by atoms with van der Waals surface area (Å²) in [6.45, 7) is 5.33. The summed E-state index contributed by atoms with van der Waals surface area (Å²) < 4.78 is 0. The van der Waals surface area contributed by atoms with Crippen LogP contribution in [-0.2, 0) is 4.79 Å². The Morgan fingerprint density at radius 3 is 2.43 bits per heavy atom. The molecule has 0 spiro atoms. The molecule has 0 aromatic rings. The topological polar surface area (TPSA) is 72.3 Å². The van der Waals surface area contributed by atoms with E-state index >= 15 is 0 Å². The number of rotatable bonds is 2. The van der Waals surface area contributed by atoms with Crippen molar-refractivity contribution in [2.24, 2.45) is 16.9 Å². The second-order valence-electron chi connectivity index (χ2n) is 5.12. The molecule has 2 rings (SSSR count). The van der Waals surface area contributed by atoms with Crippen LogP contribution in [0.5, 0.6) is 0 Å². The Hall–Kier alpha value is -0.610. The smallest absolute Gasteiger partial charge is 0.234 e. The molecule has 4 heteroatoms. The highest BCUT2D eigenvalue weighted by Gasteiger charge is 2.53. The fraction of sp³-hybridized carbons (Fsp3) is 0.900. The molecule has 0 radical (unpaired) electrons. The van der Waals surface area contributed by atoms with E-state index < -0.39 is 0 Å². The Balaban J connectivity index is 2.01. The second-order valence-corrected chi connectivity index (χ2v) is 5.12. The van der Waals surface area contributed by atoms with E-state index in [-0.39, 0.29) is 23.4 Å². The Kier molecular flexibility index (Phi) is 2.08. The SMILES string of the molecule is CC1(C)C(N)CC1N1CCC1C(N)=O. The van der Waals surface area contributed by atoms with Crippen molar-refractivity contribution in [3.63, 3.8) is 0 Å². The van der Waals surface area contributed by atoms with Gasteiger partial charge in [0.1, 0.15) is 0 Å². The van der Waals surface area contributed by atoms with E-state index in [1.54, 1.807) is 0 Å². The summed E-state index contributed by atoms with van der Waals surface area (Å²) in [5, 5.41) is 0. The molecule has 0 aromatic heterocycles. The minimum atomic E-state index is -0.187. The van der Waals surface area contributed by atoms with Crippen molar-refractivity contribution in [3.05, 3.63) is 0 Å². The van der Waals surface area contributed by atoms with Crippen LogP contribution in [0.15, 0.2) is 0 Å². The van der Waals surface area contributed by atoms with E-state index in [4.69, 9.17) is 11.5 Å². The fourth-order valence-electron chi connectivity index (χ4n) is 2.58. The van der Waals surface area contributed by atoms with Crippen LogP contribution in [0, 0.1) is 5.41 Å². The largest absolute Gasteiger partial charge is 0.368 e. The van der Waals surface area contributed by atoms with Crippen molar-refractivity contribution < 1.29 is 4.79 Å². The molecule has 1 heterocycles. The van der Waals surface area contributed by atoms with Crippen molar-refractivity contribution in [3.8, 4) is 0 Å². The van der Waals surface area contributed by atoms with E-state index in [0.29, 0.717) is 6.04 Å². The predicted molar refractivity (Wildman–Crippen MR) is 54.5 cm³/mol. The Morgan fingerprint density at radius 1 is 1.50 bits per heavy atom. The van der Waals surface area contributed by atoms with Gasteiger partial charge in [-0.2, -0.15) is 0 Å². The normalized spacial score (nSPS) is 41.2.